The third-order valence-corrected chi connectivity index (χ3v) is 6.67. The molecule has 2 heterocycles. The summed E-state index contributed by atoms with van der Waals surface area (Å²) in [5.74, 6) is 0.945. The molecule has 0 bridgehead atoms. The van der Waals surface area contributed by atoms with E-state index in [2.05, 4.69) is 78.5 Å². The number of hydrogen-bond donors (Lipinski definition) is 2. The van der Waals surface area contributed by atoms with Gasteiger partial charge in [0, 0.05) is 49.6 Å². The lowest BCUT2D eigenvalue weighted by Crippen LogP contribution is -2.51. The molecule has 1 aliphatic heterocycles. The van der Waals surface area contributed by atoms with Crippen LogP contribution in [0.5, 0.6) is 0 Å². The van der Waals surface area contributed by atoms with Crippen molar-refractivity contribution in [1.82, 2.24) is 20.5 Å². The first kappa shape index (κ1) is 25.1. The number of hydrogen-bond acceptors (Lipinski definition) is 4. The number of halogens is 1. The van der Waals surface area contributed by atoms with Gasteiger partial charge < -0.3 is 10.6 Å². The molecule has 2 atom stereocenters. The Morgan fingerprint density at radius 1 is 1.27 bits per heavy atom. The van der Waals surface area contributed by atoms with Gasteiger partial charge in [-0.3, -0.25) is 9.89 Å². The van der Waals surface area contributed by atoms with E-state index in [-0.39, 0.29) is 24.0 Å². The van der Waals surface area contributed by atoms with E-state index in [9.17, 15) is 0 Å². The Morgan fingerprint density at radius 3 is 2.67 bits per heavy atom. The first-order valence-corrected chi connectivity index (χ1v) is 11.6. The minimum absolute atomic E-state index is 0. The smallest absolute Gasteiger partial charge is 0.191 e. The highest BCUT2D eigenvalue weighted by Crippen LogP contribution is 2.20. The van der Waals surface area contributed by atoms with Gasteiger partial charge in [0.25, 0.3) is 0 Å². The Kier molecular flexibility index (Phi) is 10.5. The summed E-state index contributed by atoms with van der Waals surface area (Å²) in [5.41, 5.74) is 2.55. The van der Waals surface area contributed by atoms with Crippen LogP contribution in [0.25, 0.3) is 0 Å². The standard InChI is InChI=1S/C23H35N5S.HI/c1-5-24-23(25-13-11-22-18(3)26-19(4)29-22)27-21-12-14-28(17(2)15-21)16-20-9-7-6-8-10-20;/h6-10,17,21H,5,11-16H2,1-4H3,(H2,24,25,27);1H. The van der Waals surface area contributed by atoms with Crippen LogP contribution in [0.1, 0.15) is 47.8 Å². The molecule has 1 fully saturated rings. The summed E-state index contributed by atoms with van der Waals surface area (Å²) in [6.07, 6.45) is 3.25. The van der Waals surface area contributed by atoms with Crippen molar-refractivity contribution in [2.45, 2.75) is 65.6 Å². The van der Waals surface area contributed by atoms with E-state index in [0.29, 0.717) is 12.1 Å². The van der Waals surface area contributed by atoms with Crippen molar-refractivity contribution < 1.29 is 0 Å². The zero-order valence-electron chi connectivity index (χ0n) is 18.6. The molecule has 1 aromatic heterocycles. The maximum Gasteiger partial charge on any atom is 0.191 e. The molecule has 0 radical (unpaired) electrons. The van der Waals surface area contributed by atoms with Crippen LogP contribution >= 0.6 is 35.3 Å². The average Bonchev–Trinajstić information content (AvgIpc) is 3.02. The van der Waals surface area contributed by atoms with E-state index in [1.165, 1.54) is 10.4 Å². The van der Waals surface area contributed by atoms with Crippen molar-refractivity contribution in [2.75, 3.05) is 19.6 Å². The number of piperidine rings is 1. The van der Waals surface area contributed by atoms with Crippen LogP contribution in [0.15, 0.2) is 35.3 Å². The Bertz CT molecular complexity index is 792. The molecule has 1 aromatic carbocycles. The predicted octanol–water partition coefficient (Wildman–Crippen LogP) is 4.53. The molecule has 3 rings (SSSR count). The van der Waals surface area contributed by atoms with Crippen LogP contribution in [0.3, 0.4) is 0 Å². The number of thiazole rings is 1. The number of benzene rings is 1. The lowest BCUT2D eigenvalue weighted by atomic mass is 9.97. The monoisotopic (exact) mass is 541 g/mol. The summed E-state index contributed by atoms with van der Waals surface area (Å²) < 4.78 is 0. The van der Waals surface area contributed by atoms with Gasteiger partial charge in [0.1, 0.15) is 0 Å². The van der Waals surface area contributed by atoms with E-state index < -0.39 is 0 Å². The number of rotatable bonds is 7. The highest BCUT2D eigenvalue weighted by Gasteiger charge is 2.25. The second-order valence-corrected chi connectivity index (χ2v) is 9.21. The number of guanidine groups is 1. The minimum atomic E-state index is 0. The van der Waals surface area contributed by atoms with Gasteiger partial charge in [-0.1, -0.05) is 30.3 Å². The van der Waals surface area contributed by atoms with E-state index in [1.54, 1.807) is 11.3 Å². The van der Waals surface area contributed by atoms with Gasteiger partial charge in [-0.25, -0.2) is 4.98 Å². The fourth-order valence-electron chi connectivity index (χ4n) is 3.99. The molecule has 7 heteroatoms. The quantitative estimate of drug-likeness (QED) is 0.308. The molecule has 5 nitrogen and oxygen atoms in total. The molecule has 0 amide bonds. The van der Waals surface area contributed by atoms with Gasteiger partial charge in [-0.15, -0.1) is 35.3 Å². The van der Waals surface area contributed by atoms with Crippen LogP contribution in [-0.4, -0.2) is 47.6 Å². The van der Waals surface area contributed by atoms with Crippen LogP contribution in [-0.2, 0) is 13.0 Å². The maximum atomic E-state index is 4.82. The Labute approximate surface area is 202 Å². The molecular formula is C23H36IN5S. The molecule has 2 unspecified atom stereocenters. The number of nitrogens with zero attached hydrogens (tertiary/aromatic N) is 3. The first-order chi connectivity index (χ1) is 14.0. The molecular weight excluding hydrogens is 505 g/mol. The third-order valence-electron chi connectivity index (χ3n) is 5.54. The van der Waals surface area contributed by atoms with Crippen molar-refractivity contribution in [3.05, 3.63) is 51.5 Å². The Balaban J connectivity index is 0.00000320. The van der Waals surface area contributed by atoms with Gasteiger partial charge in [0.05, 0.1) is 10.7 Å². The highest BCUT2D eigenvalue weighted by molar-refractivity contribution is 14.0. The van der Waals surface area contributed by atoms with E-state index in [1.807, 2.05) is 0 Å². The number of aromatic nitrogens is 1. The van der Waals surface area contributed by atoms with Crippen molar-refractivity contribution in [1.29, 1.82) is 0 Å². The fourth-order valence-corrected chi connectivity index (χ4v) is 4.92. The second kappa shape index (κ2) is 12.6. The molecule has 1 saturated heterocycles. The molecule has 0 spiro atoms. The van der Waals surface area contributed by atoms with Crippen molar-refractivity contribution in [3.63, 3.8) is 0 Å². The van der Waals surface area contributed by atoms with Crippen molar-refractivity contribution >= 4 is 41.3 Å². The van der Waals surface area contributed by atoms with Crippen molar-refractivity contribution in [2.24, 2.45) is 4.99 Å². The lowest BCUT2D eigenvalue weighted by Gasteiger charge is -2.38. The number of aliphatic imine (C=N–C) groups is 1. The van der Waals surface area contributed by atoms with Crippen LogP contribution in [0.2, 0.25) is 0 Å². The van der Waals surface area contributed by atoms with Gasteiger partial charge in [-0.2, -0.15) is 0 Å². The summed E-state index contributed by atoms with van der Waals surface area (Å²) in [6.45, 7) is 12.5. The van der Waals surface area contributed by atoms with Crippen molar-refractivity contribution in [3.8, 4) is 0 Å². The van der Waals surface area contributed by atoms with E-state index in [4.69, 9.17) is 4.99 Å². The maximum absolute atomic E-state index is 4.82. The Hall–Kier alpha value is -1.19. The molecule has 1 aliphatic rings. The minimum Gasteiger partial charge on any atom is -0.357 e. The topological polar surface area (TPSA) is 52.6 Å². The zero-order valence-corrected chi connectivity index (χ0v) is 21.8. The SMILES string of the molecule is CCNC(=NCCc1sc(C)nc1C)NC1CCN(Cc2ccccc2)C(C)C1.I. The average molecular weight is 542 g/mol. The summed E-state index contributed by atoms with van der Waals surface area (Å²) in [7, 11) is 0. The highest BCUT2D eigenvalue weighted by atomic mass is 127. The van der Waals surface area contributed by atoms with Crippen LogP contribution in [0, 0.1) is 13.8 Å². The molecule has 0 aliphatic carbocycles. The summed E-state index contributed by atoms with van der Waals surface area (Å²) in [5, 5.41) is 8.23. The van der Waals surface area contributed by atoms with E-state index >= 15 is 0 Å². The normalized spacial score (nSPS) is 19.9. The molecule has 2 aromatic rings. The first-order valence-electron chi connectivity index (χ1n) is 10.8. The number of likely N-dealkylation sites (tertiary alicyclic amines) is 1. The summed E-state index contributed by atoms with van der Waals surface area (Å²) in [6, 6.07) is 11.8. The molecule has 30 heavy (non-hydrogen) atoms. The van der Waals surface area contributed by atoms with Gasteiger partial charge >= 0.3 is 0 Å². The van der Waals surface area contributed by atoms with Gasteiger partial charge in [-0.05, 0) is 46.1 Å². The van der Waals surface area contributed by atoms with Gasteiger partial charge in [0.2, 0.25) is 0 Å². The van der Waals surface area contributed by atoms with Crippen LogP contribution in [0.4, 0.5) is 0 Å². The lowest BCUT2D eigenvalue weighted by molar-refractivity contribution is 0.134. The van der Waals surface area contributed by atoms with Gasteiger partial charge in [0.15, 0.2) is 5.96 Å². The number of aryl methyl sites for hydroxylation is 2. The Morgan fingerprint density at radius 2 is 2.03 bits per heavy atom. The van der Waals surface area contributed by atoms with Crippen LogP contribution < -0.4 is 10.6 Å². The van der Waals surface area contributed by atoms with E-state index in [0.717, 1.165) is 62.1 Å². The molecule has 2 N–H and O–H groups in total. The largest absolute Gasteiger partial charge is 0.357 e. The second-order valence-electron chi connectivity index (χ2n) is 7.92. The summed E-state index contributed by atoms with van der Waals surface area (Å²) in [4.78, 5) is 13.3. The predicted molar refractivity (Wildman–Crippen MR) is 139 cm³/mol. The fraction of sp³-hybridized carbons (Fsp3) is 0.565. The number of nitrogens with one attached hydrogen (secondary N) is 2. The molecule has 0 saturated carbocycles. The molecule has 166 valence electrons. The summed E-state index contributed by atoms with van der Waals surface area (Å²) >= 11 is 1.79. The third kappa shape index (κ3) is 7.50. The zero-order chi connectivity index (χ0) is 20.6.